The van der Waals surface area contributed by atoms with Gasteiger partial charge in [0.2, 0.25) is 5.91 Å². The number of thiazole rings is 1. The molecule has 1 aliphatic heterocycles. The highest BCUT2D eigenvalue weighted by Gasteiger charge is 2.37. The van der Waals surface area contributed by atoms with E-state index in [9.17, 15) is 9.59 Å². The van der Waals surface area contributed by atoms with Crippen molar-refractivity contribution >= 4 is 32.7 Å². The molecule has 2 aromatic heterocycles. The zero-order valence-electron chi connectivity index (χ0n) is 18.1. The van der Waals surface area contributed by atoms with E-state index in [-0.39, 0.29) is 17.5 Å². The lowest BCUT2D eigenvalue weighted by Crippen LogP contribution is -2.43. The van der Waals surface area contributed by atoms with Gasteiger partial charge in [-0.2, -0.15) is 0 Å². The Kier molecular flexibility index (Phi) is 5.65. The lowest BCUT2D eigenvalue weighted by molar-refractivity contribution is -0.122. The van der Waals surface area contributed by atoms with Crippen molar-refractivity contribution < 1.29 is 4.79 Å². The number of aromatic nitrogens is 3. The molecule has 0 unspecified atom stereocenters. The van der Waals surface area contributed by atoms with Gasteiger partial charge in [-0.05, 0) is 12.0 Å². The van der Waals surface area contributed by atoms with E-state index in [2.05, 4.69) is 10.3 Å². The third-order valence-corrected chi connectivity index (χ3v) is 6.84. The van der Waals surface area contributed by atoms with Crippen molar-refractivity contribution in [3.05, 3.63) is 76.6 Å². The minimum atomic E-state index is -0.443. The van der Waals surface area contributed by atoms with E-state index in [4.69, 9.17) is 10.7 Å². The van der Waals surface area contributed by atoms with Crippen LogP contribution in [0.5, 0.6) is 0 Å². The van der Waals surface area contributed by atoms with Crippen LogP contribution in [0.25, 0.3) is 21.7 Å². The van der Waals surface area contributed by atoms with Crippen LogP contribution in [0.4, 0.5) is 5.13 Å². The van der Waals surface area contributed by atoms with E-state index in [1.54, 1.807) is 7.05 Å². The van der Waals surface area contributed by atoms with Crippen LogP contribution in [0.15, 0.2) is 65.5 Å². The smallest absolute Gasteiger partial charge is 0.281 e. The van der Waals surface area contributed by atoms with Crippen molar-refractivity contribution in [2.24, 2.45) is 12.8 Å². The summed E-state index contributed by atoms with van der Waals surface area (Å²) in [5, 5.41) is 3.60. The number of anilines is 1. The van der Waals surface area contributed by atoms with Gasteiger partial charge in [0.25, 0.3) is 5.56 Å². The van der Waals surface area contributed by atoms with Gasteiger partial charge in [-0.15, -0.1) is 0 Å². The normalized spacial score (nSPS) is 18.1. The van der Waals surface area contributed by atoms with Gasteiger partial charge in [-0.25, -0.2) is 9.97 Å². The first-order valence-corrected chi connectivity index (χ1v) is 11.6. The Morgan fingerprint density at radius 2 is 1.82 bits per heavy atom. The van der Waals surface area contributed by atoms with Crippen LogP contribution >= 0.6 is 11.3 Å². The first kappa shape index (κ1) is 21.3. The van der Waals surface area contributed by atoms with E-state index < -0.39 is 6.04 Å². The molecule has 5 rings (SSSR count). The molecule has 168 valence electrons. The summed E-state index contributed by atoms with van der Waals surface area (Å²) in [6.07, 6.45) is 0.525. The average molecular weight is 461 g/mol. The summed E-state index contributed by atoms with van der Waals surface area (Å²) in [5.74, 6) is 0.482. The fourth-order valence-electron chi connectivity index (χ4n) is 4.14. The summed E-state index contributed by atoms with van der Waals surface area (Å²) in [7, 11) is 1.70. The lowest BCUT2D eigenvalue weighted by Gasteiger charge is -2.22. The molecule has 1 aliphatic rings. The number of benzene rings is 2. The third-order valence-electron chi connectivity index (χ3n) is 5.85. The maximum absolute atomic E-state index is 13.0. The van der Waals surface area contributed by atoms with E-state index in [1.807, 2.05) is 65.6 Å². The number of carbonyl (C=O) groups excluding carboxylic acids is 1. The summed E-state index contributed by atoms with van der Waals surface area (Å²) in [6.45, 7) is 0.941. The molecule has 33 heavy (non-hydrogen) atoms. The molecule has 1 fully saturated rings. The standard InChI is InChI=1S/C24H24N6O2S/c1-29-20(16-10-6-3-7-11-16)28-22-19(23(29)32)27-24(33-22)30-14-17(25)12-18(30)21(31)26-13-15-8-4-2-5-9-15/h2-11,17-18H,12-14,25H2,1H3,(H,26,31)/t17-,18+/m0/s1. The summed E-state index contributed by atoms with van der Waals surface area (Å²) >= 11 is 1.32. The summed E-state index contributed by atoms with van der Waals surface area (Å²) in [6, 6.07) is 18.8. The SMILES string of the molecule is Cn1c(-c2ccccc2)nc2sc(N3C[C@@H](N)C[C@@H]3C(=O)NCc3ccccc3)nc2c1=O. The molecule has 3 heterocycles. The quantitative estimate of drug-likeness (QED) is 0.473. The van der Waals surface area contributed by atoms with Crippen molar-refractivity contribution in [2.45, 2.75) is 25.0 Å². The summed E-state index contributed by atoms with van der Waals surface area (Å²) in [5.41, 5.74) is 8.20. The number of fused-ring (bicyclic) bond motifs is 1. The van der Waals surface area contributed by atoms with Crippen LogP contribution in [-0.4, -0.2) is 39.1 Å². The van der Waals surface area contributed by atoms with E-state index >= 15 is 0 Å². The molecule has 1 amide bonds. The van der Waals surface area contributed by atoms with Gasteiger partial charge in [-0.3, -0.25) is 14.2 Å². The summed E-state index contributed by atoms with van der Waals surface area (Å²) in [4.78, 5) is 37.8. The van der Waals surface area contributed by atoms with E-state index in [0.717, 1.165) is 11.1 Å². The van der Waals surface area contributed by atoms with Crippen molar-refractivity contribution in [2.75, 3.05) is 11.4 Å². The highest BCUT2D eigenvalue weighted by Crippen LogP contribution is 2.32. The highest BCUT2D eigenvalue weighted by atomic mass is 32.1. The van der Waals surface area contributed by atoms with Gasteiger partial charge in [0.1, 0.15) is 11.9 Å². The topological polar surface area (TPSA) is 106 Å². The van der Waals surface area contributed by atoms with Crippen molar-refractivity contribution in [1.29, 1.82) is 0 Å². The monoisotopic (exact) mass is 460 g/mol. The fraction of sp³-hybridized carbons (Fsp3) is 0.250. The minimum Gasteiger partial charge on any atom is -0.350 e. The second-order valence-corrected chi connectivity index (χ2v) is 9.14. The van der Waals surface area contributed by atoms with Crippen molar-refractivity contribution in [3.63, 3.8) is 0 Å². The highest BCUT2D eigenvalue weighted by molar-refractivity contribution is 7.21. The predicted octanol–water partition coefficient (Wildman–Crippen LogP) is 2.28. The van der Waals surface area contributed by atoms with Crippen molar-refractivity contribution in [3.8, 4) is 11.4 Å². The average Bonchev–Trinajstić information content (AvgIpc) is 3.44. The summed E-state index contributed by atoms with van der Waals surface area (Å²) < 4.78 is 1.51. The molecule has 0 bridgehead atoms. The molecule has 8 nitrogen and oxygen atoms in total. The van der Waals surface area contributed by atoms with Gasteiger partial charge in [-0.1, -0.05) is 72.0 Å². The van der Waals surface area contributed by atoms with Crippen LogP contribution < -0.4 is 21.5 Å². The Bertz CT molecular complexity index is 1350. The number of hydrogen-bond donors (Lipinski definition) is 2. The number of carbonyl (C=O) groups is 1. The van der Waals surface area contributed by atoms with Crippen LogP contribution in [0.3, 0.4) is 0 Å². The molecular weight excluding hydrogens is 436 g/mol. The van der Waals surface area contributed by atoms with Crippen LogP contribution in [-0.2, 0) is 18.4 Å². The predicted molar refractivity (Wildman–Crippen MR) is 130 cm³/mol. The van der Waals surface area contributed by atoms with Gasteiger partial charge in [0.05, 0.1) is 0 Å². The number of rotatable bonds is 5. The third kappa shape index (κ3) is 4.12. The Morgan fingerprint density at radius 3 is 2.55 bits per heavy atom. The maximum Gasteiger partial charge on any atom is 0.281 e. The number of amides is 1. The van der Waals surface area contributed by atoms with Crippen LogP contribution in [0, 0.1) is 0 Å². The fourth-order valence-corrected chi connectivity index (χ4v) is 5.13. The van der Waals surface area contributed by atoms with E-state index in [0.29, 0.717) is 40.8 Å². The molecule has 2 atom stereocenters. The molecule has 0 aliphatic carbocycles. The Morgan fingerprint density at radius 1 is 1.12 bits per heavy atom. The lowest BCUT2D eigenvalue weighted by atomic mass is 10.1. The molecule has 4 aromatic rings. The molecule has 9 heteroatoms. The zero-order valence-corrected chi connectivity index (χ0v) is 19.0. The second-order valence-electron chi connectivity index (χ2n) is 8.18. The Balaban J connectivity index is 1.45. The van der Waals surface area contributed by atoms with Gasteiger partial charge < -0.3 is 16.0 Å². The first-order chi connectivity index (χ1) is 16.0. The molecule has 3 N–H and O–H groups in total. The molecule has 0 spiro atoms. The number of nitrogens with one attached hydrogen (secondary N) is 1. The first-order valence-electron chi connectivity index (χ1n) is 10.8. The minimum absolute atomic E-state index is 0.100. The number of hydrogen-bond acceptors (Lipinski definition) is 7. The molecule has 2 aromatic carbocycles. The van der Waals surface area contributed by atoms with Crippen LogP contribution in [0.2, 0.25) is 0 Å². The van der Waals surface area contributed by atoms with Gasteiger partial charge in [0.15, 0.2) is 15.5 Å². The van der Waals surface area contributed by atoms with Crippen LogP contribution in [0.1, 0.15) is 12.0 Å². The number of nitrogens with two attached hydrogens (primary N) is 1. The Hall–Kier alpha value is -3.56. The molecule has 0 saturated carbocycles. The van der Waals surface area contributed by atoms with E-state index in [1.165, 1.54) is 15.9 Å². The van der Waals surface area contributed by atoms with Gasteiger partial charge >= 0.3 is 0 Å². The van der Waals surface area contributed by atoms with Gasteiger partial charge in [0, 0.05) is 31.7 Å². The molecular formula is C24H24N6O2S. The molecule has 0 radical (unpaired) electrons. The zero-order chi connectivity index (χ0) is 22.9. The largest absolute Gasteiger partial charge is 0.350 e. The maximum atomic E-state index is 13.0. The second kappa shape index (κ2) is 8.76. The van der Waals surface area contributed by atoms with Crippen molar-refractivity contribution in [1.82, 2.24) is 19.9 Å². The Labute approximate surface area is 194 Å². The molecule has 1 saturated heterocycles. The number of nitrogens with zero attached hydrogens (tertiary/aromatic N) is 4.